The van der Waals surface area contributed by atoms with E-state index in [9.17, 15) is 0 Å². The zero-order valence-electron chi connectivity index (χ0n) is 10.6. The number of allylic oxidation sites excluding steroid dienone is 2. The van der Waals surface area contributed by atoms with Crippen LogP contribution >= 0.6 is 0 Å². The third kappa shape index (κ3) is 6.29. The molecule has 0 unspecified atom stereocenters. The van der Waals surface area contributed by atoms with Gasteiger partial charge in [0.05, 0.1) is 0 Å². The topological polar surface area (TPSA) is 0 Å². The van der Waals surface area contributed by atoms with E-state index in [1.54, 1.807) is 6.08 Å². The van der Waals surface area contributed by atoms with Crippen molar-refractivity contribution in [2.75, 3.05) is 0 Å². The molecule has 1 aromatic rings. The molecule has 0 atom stereocenters. The zero-order valence-corrected chi connectivity index (χ0v) is 10.6. The van der Waals surface area contributed by atoms with Crippen LogP contribution in [0.5, 0.6) is 0 Å². The van der Waals surface area contributed by atoms with Crippen molar-refractivity contribution in [2.45, 2.75) is 33.1 Å². The zero-order chi connectivity index (χ0) is 12.3. The van der Waals surface area contributed by atoms with Crippen molar-refractivity contribution in [2.24, 2.45) is 0 Å². The van der Waals surface area contributed by atoms with Crippen LogP contribution in [0, 0.1) is 30.6 Å². The molecule has 86 valence electrons. The molecule has 0 saturated heterocycles. The lowest BCUT2D eigenvalue weighted by Crippen LogP contribution is -1.74. The summed E-state index contributed by atoms with van der Waals surface area (Å²) in [5, 5.41) is 0. The van der Waals surface area contributed by atoms with Crippen LogP contribution in [0.3, 0.4) is 0 Å². The van der Waals surface area contributed by atoms with E-state index in [0.717, 1.165) is 12.0 Å². The molecule has 0 aromatic heterocycles. The predicted octanol–water partition coefficient (Wildman–Crippen LogP) is 4.10. The molecular weight excluding hydrogens is 204 g/mol. The summed E-state index contributed by atoms with van der Waals surface area (Å²) in [6.45, 7) is 4.24. The van der Waals surface area contributed by atoms with E-state index in [1.165, 1.54) is 18.4 Å². The molecule has 1 aromatic carbocycles. The highest BCUT2D eigenvalue weighted by Crippen LogP contribution is 2.01. The van der Waals surface area contributed by atoms with E-state index >= 15 is 0 Å². The molecule has 0 heteroatoms. The maximum absolute atomic E-state index is 3.09. The third-order valence-corrected chi connectivity index (χ3v) is 2.24. The van der Waals surface area contributed by atoms with Gasteiger partial charge >= 0.3 is 0 Å². The second-order valence-electron chi connectivity index (χ2n) is 3.90. The Balaban J connectivity index is 2.45. The van der Waals surface area contributed by atoms with Gasteiger partial charge in [-0.1, -0.05) is 49.2 Å². The fourth-order valence-corrected chi connectivity index (χ4v) is 1.33. The van der Waals surface area contributed by atoms with Gasteiger partial charge in [-0.2, -0.15) is 0 Å². The molecule has 0 bridgehead atoms. The van der Waals surface area contributed by atoms with E-state index < -0.39 is 0 Å². The highest BCUT2D eigenvalue weighted by Gasteiger charge is 1.85. The molecule has 0 aliphatic carbocycles. The van der Waals surface area contributed by atoms with Gasteiger partial charge in [-0.3, -0.25) is 0 Å². The summed E-state index contributed by atoms with van der Waals surface area (Å²) in [6.07, 6.45) is 6.98. The molecule has 0 amide bonds. The number of rotatable bonds is 2. The van der Waals surface area contributed by atoms with Gasteiger partial charge in [0.2, 0.25) is 0 Å². The Morgan fingerprint density at radius 3 is 2.76 bits per heavy atom. The smallest absolute Gasteiger partial charge is 0.0251 e. The molecule has 0 nitrogen and oxygen atoms in total. The molecule has 0 N–H and O–H groups in total. The molecule has 0 aliphatic heterocycles. The standard InChI is InChI=1S/C17H18/c1-3-4-5-6-7-8-9-10-13-17-14-11-12-16(2)15-17/h8-9,11-12,14-15H,3-5H2,1-2H3. The number of unbranched alkanes of at least 4 members (excludes halogenated alkanes) is 2. The minimum atomic E-state index is 0.978. The Bertz CT molecular complexity index is 484. The van der Waals surface area contributed by atoms with Crippen LogP contribution in [0.2, 0.25) is 0 Å². The largest absolute Gasteiger partial charge is 0.0985 e. The number of aryl methyl sites for hydroxylation is 1. The van der Waals surface area contributed by atoms with Crippen molar-refractivity contribution in [3.63, 3.8) is 0 Å². The van der Waals surface area contributed by atoms with Gasteiger partial charge in [0.1, 0.15) is 0 Å². The third-order valence-electron chi connectivity index (χ3n) is 2.24. The monoisotopic (exact) mass is 222 g/mol. The first kappa shape index (κ1) is 13.1. The van der Waals surface area contributed by atoms with Gasteiger partial charge in [0.15, 0.2) is 0 Å². The molecule has 1 rings (SSSR count). The Morgan fingerprint density at radius 1 is 1.18 bits per heavy atom. The summed E-state index contributed by atoms with van der Waals surface area (Å²) in [4.78, 5) is 0. The lowest BCUT2D eigenvalue weighted by molar-refractivity contribution is 0.828. The van der Waals surface area contributed by atoms with Crippen LogP contribution < -0.4 is 0 Å². The minimum absolute atomic E-state index is 0.978. The summed E-state index contributed by atoms with van der Waals surface area (Å²) in [6, 6.07) is 8.18. The van der Waals surface area contributed by atoms with Crippen molar-refractivity contribution in [1.29, 1.82) is 0 Å². The van der Waals surface area contributed by atoms with Gasteiger partial charge < -0.3 is 0 Å². The van der Waals surface area contributed by atoms with Gasteiger partial charge in [-0.25, -0.2) is 0 Å². The first-order chi connectivity index (χ1) is 8.33. The second kappa shape index (κ2) is 8.26. The summed E-state index contributed by atoms with van der Waals surface area (Å²) >= 11 is 0. The fraction of sp³-hybridized carbons (Fsp3) is 0.294. The fourth-order valence-electron chi connectivity index (χ4n) is 1.33. The quantitative estimate of drug-likeness (QED) is 0.522. The Kier molecular flexibility index (Phi) is 6.39. The highest BCUT2D eigenvalue weighted by molar-refractivity contribution is 5.39. The summed E-state index contributed by atoms with van der Waals surface area (Å²) in [5.74, 6) is 12.1. The van der Waals surface area contributed by atoms with Crippen molar-refractivity contribution in [1.82, 2.24) is 0 Å². The van der Waals surface area contributed by atoms with E-state index in [-0.39, 0.29) is 0 Å². The summed E-state index contributed by atoms with van der Waals surface area (Å²) in [5.41, 5.74) is 2.29. The van der Waals surface area contributed by atoms with E-state index in [4.69, 9.17) is 0 Å². The van der Waals surface area contributed by atoms with Crippen LogP contribution in [-0.4, -0.2) is 0 Å². The van der Waals surface area contributed by atoms with Gasteiger partial charge in [-0.05, 0) is 43.2 Å². The number of hydrogen-bond acceptors (Lipinski definition) is 0. The minimum Gasteiger partial charge on any atom is -0.0985 e. The van der Waals surface area contributed by atoms with Crippen LogP contribution in [0.1, 0.15) is 37.3 Å². The summed E-state index contributed by atoms with van der Waals surface area (Å²) in [7, 11) is 0. The van der Waals surface area contributed by atoms with Crippen molar-refractivity contribution in [3.05, 3.63) is 47.5 Å². The SMILES string of the molecule is CCCCC#CC=CC#Cc1cccc(C)c1. The average Bonchev–Trinajstić information content (AvgIpc) is 2.33. The highest BCUT2D eigenvalue weighted by atomic mass is 13.9. The van der Waals surface area contributed by atoms with Crippen LogP contribution in [0.4, 0.5) is 0 Å². The van der Waals surface area contributed by atoms with Gasteiger partial charge in [0.25, 0.3) is 0 Å². The maximum Gasteiger partial charge on any atom is 0.0251 e. The molecule has 0 radical (unpaired) electrons. The Hall–Kier alpha value is -1.92. The Morgan fingerprint density at radius 2 is 2.00 bits per heavy atom. The molecule has 0 aliphatic rings. The molecule has 0 spiro atoms. The maximum atomic E-state index is 3.09. The molecule has 0 fully saturated rings. The van der Waals surface area contributed by atoms with E-state index in [2.05, 4.69) is 49.7 Å². The van der Waals surface area contributed by atoms with Crippen LogP contribution in [0.15, 0.2) is 36.4 Å². The lowest BCUT2D eigenvalue weighted by atomic mass is 10.1. The predicted molar refractivity (Wildman–Crippen MR) is 74.5 cm³/mol. The summed E-state index contributed by atoms with van der Waals surface area (Å²) < 4.78 is 0. The van der Waals surface area contributed by atoms with E-state index in [0.29, 0.717) is 0 Å². The van der Waals surface area contributed by atoms with Gasteiger partial charge in [0, 0.05) is 12.0 Å². The second-order valence-corrected chi connectivity index (χ2v) is 3.90. The first-order valence-corrected chi connectivity index (χ1v) is 6.04. The normalized spacial score (nSPS) is 9.29. The van der Waals surface area contributed by atoms with E-state index in [1.807, 2.05) is 18.2 Å². The van der Waals surface area contributed by atoms with Crippen molar-refractivity contribution >= 4 is 0 Å². The average molecular weight is 222 g/mol. The molecular formula is C17H18. The number of benzene rings is 1. The van der Waals surface area contributed by atoms with Gasteiger partial charge in [-0.15, -0.1) is 0 Å². The molecule has 17 heavy (non-hydrogen) atoms. The van der Waals surface area contributed by atoms with Crippen LogP contribution in [0.25, 0.3) is 0 Å². The van der Waals surface area contributed by atoms with Crippen molar-refractivity contribution in [3.8, 4) is 23.7 Å². The number of hydrogen-bond donors (Lipinski definition) is 0. The van der Waals surface area contributed by atoms with Crippen molar-refractivity contribution < 1.29 is 0 Å². The first-order valence-electron chi connectivity index (χ1n) is 6.04. The molecule has 0 saturated carbocycles. The lowest BCUT2D eigenvalue weighted by Gasteiger charge is -1.91. The Labute approximate surface area is 105 Å². The van der Waals surface area contributed by atoms with Crippen LogP contribution in [-0.2, 0) is 0 Å². The molecule has 0 heterocycles.